The minimum atomic E-state index is 0.603. The lowest BCUT2D eigenvalue weighted by Crippen LogP contribution is -1.80. The molecule has 1 aromatic carbocycles. The van der Waals surface area contributed by atoms with E-state index in [0.29, 0.717) is 10.0 Å². The third-order valence-corrected chi connectivity index (χ3v) is 3.96. The van der Waals surface area contributed by atoms with Gasteiger partial charge in [-0.1, -0.05) is 29.3 Å². The lowest BCUT2D eigenvalue weighted by atomic mass is 10.2. The quantitative estimate of drug-likeness (QED) is 0.699. The summed E-state index contributed by atoms with van der Waals surface area (Å²) in [5.41, 5.74) is 1.69. The molecule has 0 saturated carbocycles. The van der Waals surface area contributed by atoms with Gasteiger partial charge in [-0.2, -0.15) is 0 Å². The van der Waals surface area contributed by atoms with Crippen molar-refractivity contribution in [1.82, 2.24) is 9.97 Å². The van der Waals surface area contributed by atoms with Crippen molar-refractivity contribution in [3.8, 4) is 22.0 Å². The molecule has 1 N–H and O–H groups in total. The van der Waals surface area contributed by atoms with E-state index in [1.807, 2.05) is 35.8 Å². The number of hydrogen-bond donors (Lipinski definition) is 1. The van der Waals surface area contributed by atoms with Crippen LogP contribution < -0.4 is 0 Å². The Balaban J connectivity index is 2.03. The van der Waals surface area contributed by atoms with Crippen LogP contribution in [0.4, 0.5) is 0 Å². The Morgan fingerprint density at radius 2 is 2.06 bits per heavy atom. The molecule has 0 aliphatic heterocycles. The number of hydrogen-bond acceptors (Lipinski definition) is 2. The molecule has 0 aliphatic rings. The summed E-state index contributed by atoms with van der Waals surface area (Å²) >= 11 is 13.7. The second-order valence-corrected chi connectivity index (χ2v) is 5.53. The van der Waals surface area contributed by atoms with Gasteiger partial charge in [-0.3, -0.25) is 0 Å². The van der Waals surface area contributed by atoms with Gasteiger partial charge in [0.2, 0.25) is 0 Å². The number of rotatable bonds is 2. The second kappa shape index (κ2) is 4.76. The fraction of sp³-hybridized carbons (Fsp3) is 0. The molecule has 0 radical (unpaired) electrons. The molecular weight excluding hydrogens is 287 g/mol. The smallest absolute Gasteiger partial charge is 0.148 e. The van der Waals surface area contributed by atoms with Crippen LogP contribution in [0.1, 0.15) is 0 Å². The Morgan fingerprint density at radius 1 is 1.17 bits per heavy atom. The minimum Gasteiger partial charge on any atom is -0.343 e. The standard InChI is InChI=1S/C13H8Cl2N2S/c14-8-3-4-9(10(15)6-8)11-7-16-13(17-11)12-2-1-5-18-12/h1-7H,(H,16,17). The Hall–Kier alpha value is -1.29. The van der Waals surface area contributed by atoms with Gasteiger partial charge >= 0.3 is 0 Å². The molecule has 2 nitrogen and oxygen atoms in total. The maximum atomic E-state index is 6.16. The van der Waals surface area contributed by atoms with Crippen molar-refractivity contribution < 1.29 is 0 Å². The van der Waals surface area contributed by atoms with Gasteiger partial charge in [-0.05, 0) is 29.6 Å². The fourth-order valence-electron chi connectivity index (χ4n) is 1.70. The topological polar surface area (TPSA) is 28.7 Å². The van der Waals surface area contributed by atoms with Crippen molar-refractivity contribution in [2.24, 2.45) is 0 Å². The van der Waals surface area contributed by atoms with Gasteiger partial charge in [0.15, 0.2) is 0 Å². The van der Waals surface area contributed by atoms with E-state index >= 15 is 0 Å². The third-order valence-electron chi connectivity index (χ3n) is 2.54. The number of aromatic amines is 1. The molecule has 0 atom stereocenters. The van der Waals surface area contributed by atoms with Crippen molar-refractivity contribution in [2.75, 3.05) is 0 Å². The highest BCUT2D eigenvalue weighted by atomic mass is 35.5. The Labute approximate surface area is 118 Å². The zero-order chi connectivity index (χ0) is 12.5. The molecule has 3 rings (SSSR count). The fourth-order valence-corrected chi connectivity index (χ4v) is 2.88. The van der Waals surface area contributed by atoms with Crippen molar-refractivity contribution in [3.05, 3.63) is 52.0 Å². The first-order valence-corrected chi connectivity index (χ1v) is 6.92. The van der Waals surface area contributed by atoms with E-state index in [-0.39, 0.29) is 0 Å². The van der Waals surface area contributed by atoms with E-state index in [9.17, 15) is 0 Å². The molecule has 0 saturated heterocycles. The SMILES string of the molecule is Clc1ccc(-c2c[nH]c(-c3cccs3)n2)c(Cl)c1. The van der Waals surface area contributed by atoms with Crippen LogP contribution in [0.15, 0.2) is 41.9 Å². The molecule has 0 bridgehead atoms. The molecule has 2 heterocycles. The average molecular weight is 295 g/mol. The summed E-state index contributed by atoms with van der Waals surface area (Å²) < 4.78 is 0. The molecule has 0 unspecified atom stereocenters. The van der Waals surface area contributed by atoms with Gasteiger partial charge < -0.3 is 4.98 Å². The summed E-state index contributed by atoms with van der Waals surface area (Å²) in [5, 5.41) is 3.25. The van der Waals surface area contributed by atoms with Gasteiger partial charge in [0.05, 0.1) is 15.6 Å². The number of nitrogens with zero attached hydrogens (tertiary/aromatic N) is 1. The van der Waals surface area contributed by atoms with E-state index in [1.54, 1.807) is 17.4 Å². The van der Waals surface area contributed by atoms with E-state index in [4.69, 9.17) is 23.2 Å². The van der Waals surface area contributed by atoms with Crippen LogP contribution in [0.2, 0.25) is 10.0 Å². The molecular formula is C13H8Cl2N2S. The molecule has 2 aromatic heterocycles. The first kappa shape index (κ1) is 11.8. The van der Waals surface area contributed by atoms with Crippen molar-refractivity contribution in [3.63, 3.8) is 0 Å². The van der Waals surface area contributed by atoms with E-state index in [0.717, 1.165) is 22.0 Å². The lowest BCUT2D eigenvalue weighted by molar-refractivity contribution is 1.33. The van der Waals surface area contributed by atoms with Crippen LogP contribution >= 0.6 is 34.5 Å². The second-order valence-electron chi connectivity index (χ2n) is 3.74. The summed E-state index contributed by atoms with van der Waals surface area (Å²) in [6, 6.07) is 9.42. The average Bonchev–Trinajstić information content (AvgIpc) is 2.99. The summed E-state index contributed by atoms with van der Waals surface area (Å²) in [5.74, 6) is 0.853. The highest BCUT2D eigenvalue weighted by molar-refractivity contribution is 7.13. The van der Waals surface area contributed by atoms with Gasteiger partial charge in [-0.15, -0.1) is 11.3 Å². The number of imidazole rings is 1. The predicted molar refractivity (Wildman–Crippen MR) is 77.4 cm³/mol. The highest BCUT2D eigenvalue weighted by Crippen LogP contribution is 2.31. The first-order chi connectivity index (χ1) is 8.74. The minimum absolute atomic E-state index is 0.603. The summed E-state index contributed by atoms with van der Waals surface area (Å²) in [4.78, 5) is 8.80. The Bertz CT molecular complexity index is 674. The Kier molecular flexibility index (Phi) is 3.12. The van der Waals surface area contributed by atoms with Crippen molar-refractivity contribution in [1.29, 1.82) is 0 Å². The third kappa shape index (κ3) is 2.17. The first-order valence-electron chi connectivity index (χ1n) is 5.29. The normalized spacial score (nSPS) is 10.8. The van der Waals surface area contributed by atoms with Gasteiger partial charge in [0.1, 0.15) is 5.82 Å². The number of nitrogens with one attached hydrogen (secondary N) is 1. The number of H-pyrrole nitrogens is 1. The van der Waals surface area contributed by atoms with Crippen LogP contribution in [-0.4, -0.2) is 9.97 Å². The van der Waals surface area contributed by atoms with E-state index < -0.39 is 0 Å². The monoisotopic (exact) mass is 294 g/mol. The van der Waals surface area contributed by atoms with Crippen LogP contribution in [0, 0.1) is 0 Å². The molecule has 18 heavy (non-hydrogen) atoms. The van der Waals surface area contributed by atoms with Crippen molar-refractivity contribution >= 4 is 34.5 Å². The van der Waals surface area contributed by atoms with Crippen LogP contribution in [-0.2, 0) is 0 Å². The molecule has 0 amide bonds. The molecule has 3 aromatic rings. The molecule has 90 valence electrons. The summed E-state index contributed by atoms with van der Waals surface area (Å²) in [7, 11) is 0. The Morgan fingerprint density at radius 3 is 2.78 bits per heavy atom. The summed E-state index contributed by atoms with van der Waals surface area (Å²) in [6.07, 6.45) is 1.85. The number of benzene rings is 1. The van der Waals surface area contributed by atoms with Gasteiger partial charge in [-0.25, -0.2) is 4.98 Å². The molecule has 5 heteroatoms. The maximum Gasteiger partial charge on any atom is 0.148 e. The lowest BCUT2D eigenvalue weighted by Gasteiger charge is -2.00. The number of thiophene rings is 1. The van der Waals surface area contributed by atoms with Crippen molar-refractivity contribution in [2.45, 2.75) is 0 Å². The zero-order valence-corrected chi connectivity index (χ0v) is 11.5. The van der Waals surface area contributed by atoms with E-state index in [2.05, 4.69) is 9.97 Å². The van der Waals surface area contributed by atoms with E-state index in [1.165, 1.54) is 0 Å². The van der Waals surface area contributed by atoms with Crippen LogP contribution in [0.5, 0.6) is 0 Å². The maximum absolute atomic E-state index is 6.16. The summed E-state index contributed by atoms with van der Waals surface area (Å²) in [6.45, 7) is 0. The van der Waals surface area contributed by atoms with Gasteiger partial charge in [0.25, 0.3) is 0 Å². The number of aromatic nitrogens is 2. The number of halogens is 2. The van der Waals surface area contributed by atoms with Gasteiger partial charge in [0, 0.05) is 16.8 Å². The molecule has 0 aliphatic carbocycles. The molecule has 0 fully saturated rings. The molecule has 0 spiro atoms. The van der Waals surface area contributed by atoms with Crippen LogP contribution in [0.3, 0.4) is 0 Å². The zero-order valence-electron chi connectivity index (χ0n) is 9.15. The highest BCUT2D eigenvalue weighted by Gasteiger charge is 2.09. The van der Waals surface area contributed by atoms with Crippen LogP contribution in [0.25, 0.3) is 22.0 Å². The largest absolute Gasteiger partial charge is 0.343 e. The predicted octanol–water partition coefficient (Wildman–Crippen LogP) is 5.11.